The highest BCUT2D eigenvalue weighted by atomic mass is 35.5. The van der Waals surface area contributed by atoms with Crippen molar-refractivity contribution in [2.45, 2.75) is 52.7 Å². The number of fused-ring (bicyclic) bond motifs is 1. The third kappa shape index (κ3) is 4.49. The van der Waals surface area contributed by atoms with E-state index in [0.717, 1.165) is 12.8 Å². The molecule has 1 saturated carbocycles. The minimum absolute atomic E-state index is 0.0414. The number of imidazole rings is 1. The smallest absolute Gasteiger partial charge is 0.347 e. The minimum atomic E-state index is -3.78. The number of nitrogens with zero attached hydrogens (tertiary/aromatic N) is 4. The van der Waals surface area contributed by atoms with Gasteiger partial charge in [-0.25, -0.2) is 9.61 Å². The van der Waals surface area contributed by atoms with E-state index < -0.39 is 13.3 Å². The summed E-state index contributed by atoms with van der Waals surface area (Å²) in [6.45, 7) is 8.81. The molecule has 0 amide bonds. The molecule has 28 heavy (non-hydrogen) atoms. The Morgan fingerprint density at radius 1 is 1.36 bits per heavy atom. The van der Waals surface area contributed by atoms with E-state index in [9.17, 15) is 9.46 Å². The van der Waals surface area contributed by atoms with Crippen LogP contribution in [0.15, 0.2) is 6.33 Å². The van der Waals surface area contributed by atoms with E-state index in [-0.39, 0.29) is 28.4 Å². The predicted octanol–water partition coefficient (Wildman–Crippen LogP) is 3.23. The zero-order valence-electron chi connectivity index (χ0n) is 16.6. The molecule has 2 aromatic rings. The van der Waals surface area contributed by atoms with Crippen LogP contribution in [0.2, 0.25) is 5.15 Å². The van der Waals surface area contributed by atoms with Crippen LogP contribution in [-0.4, -0.2) is 36.6 Å². The summed E-state index contributed by atoms with van der Waals surface area (Å²) in [4.78, 5) is 22.8. The third-order valence-corrected chi connectivity index (χ3v) is 7.89. The predicted molar refractivity (Wildman–Crippen MR) is 109 cm³/mol. The fourth-order valence-electron chi connectivity index (χ4n) is 3.83. The Hall–Kier alpha value is -1.25. The molecule has 2 aromatic heterocycles. The molecule has 0 saturated heterocycles. The molecule has 3 rings (SSSR count). The van der Waals surface area contributed by atoms with Crippen molar-refractivity contribution >= 4 is 36.3 Å². The highest BCUT2D eigenvalue weighted by molar-refractivity contribution is 7.53. The second-order valence-corrected chi connectivity index (χ2v) is 10.6. The van der Waals surface area contributed by atoms with Gasteiger partial charge in [0.1, 0.15) is 5.52 Å². The van der Waals surface area contributed by atoms with Gasteiger partial charge in [-0.2, -0.15) is 15.4 Å². The third-order valence-electron chi connectivity index (χ3n) is 5.29. The van der Waals surface area contributed by atoms with Crippen LogP contribution >= 0.6 is 19.2 Å². The molecule has 0 aromatic carbocycles. The summed E-state index contributed by atoms with van der Waals surface area (Å²) in [5, 5.41) is 0.224. The van der Waals surface area contributed by atoms with Crippen molar-refractivity contribution in [2.24, 2.45) is 17.3 Å². The molecule has 9 nitrogen and oxygen atoms in total. The monoisotopic (exact) mass is 430 g/mol. The van der Waals surface area contributed by atoms with Crippen molar-refractivity contribution in [1.29, 1.82) is 0 Å². The van der Waals surface area contributed by atoms with Gasteiger partial charge in [-0.3, -0.25) is 4.57 Å². The van der Waals surface area contributed by atoms with Crippen LogP contribution in [-0.2, 0) is 15.7 Å². The van der Waals surface area contributed by atoms with Gasteiger partial charge < -0.3 is 15.2 Å². The molecule has 0 bridgehead atoms. The molecule has 1 aliphatic carbocycles. The molecule has 4 N–H and O–H groups in total. The van der Waals surface area contributed by atoms with Crippen molar-refractivity contribution in [3.05, 3.63) is 11.5 Å². The maximum atomic E-state index is 12.7. The average molecular weight is 431 g/mol. The van der Waals surface area contributed by atoms with Crippen molar-refractivity contribution in [1.82, 2.24) is 25.0 Å². The minimum Gasteiger partial charge on any atom is -0.368 e. The molecule has 0 spiro atoms. The zero-order chi connectivity index (χ0) is 20.7. The standard InChI is InChI=1S/C17H28ClN6O3P/c1-10(2)13(11(3)4)28(25,26)27-21-7-17(5-6-17)8-24-9-20-12-14(18)22-16(19)23-15(12)24/h9-11,13,21H,5-8H2,1-4H3,(H,25,26)(H2,19,22,23). The number of halogens is 1. The summed E-state index contributed by atoms with van der Waals surface area (Å²) in [5.41, 5.74) is 9.04. The number of hydrogen-bond acceptors (Lipinski definition) is 7. The van der Waals surface area contributed by atoms with Gasteiger partial charge in [-0.15, -0.1) is 0 Å². The maximum Gasteiger partial charge on any atom is 0.347 e. The van der Waals surface area contributed by atoms with Crippen LogP contribution in [0.3, 0.4) is 0 Å². The van der Waals surface area contributed by atoms with E-state index in [0.29, 0.717) is 24.3 Å². The molecule has 156 valence electrons. The van der Waals surface area contributed by atoms with Crippen LogP contribution in [0.5, 0.6) is 0 Å². The molecule has 1 unspecified atom stereocenters. The van der Waals surface area contributed by atoms with Crippen LogP contribution in [0.25, 0.3) is 11.2 Å². The largest absolute Gasteiger partial charge is 0.368 e. The number of hydrogen-bond donors (Lipinski definition) is 3. The van der Waals surface area contributed by atoms with E-state index in [1.165, 1.54) is 0 Å². The second-order valence-electron chi connectivity index (χ2n) is 8.37. The van der Waals surface area contributed by atoms with E-state index in [1.807, 2.05) is 32.3 Å². The Kier molecular flexibility index (Phi) is 6.04. The van der Waals surface area contributed by atoms with Crippen LogP contribution in [0.1, 0.15) is 40.5 Å². The fourth-order valence-corrected chi connectivity index (χ4v) is 5.93. The number of aromatic nitrogens is 4. The summed E-state index contributed by atoms with van der Waals surface area (Å²) < 4.78 is 19.9. The molecule has 0 aliphatic heterocycles. The van der Waals surface area contributed by atoms with Gasteiger partial charge in [-0.05, 0) is 24.7 Å². The summed E-state index contributed by atoms with van der Waals surface area (Å²) in [5.74, 6) is 0.180. The van der Waals surface area contributed by atoms with Crippen molar-refractivity contribution in [3.8, 4) is 0 Å². The normalized spacial score (nSPS) is 18.3. The quantitative estimate of drug-likeness (QED) is 0.314. The Labute approximate surface area is 169 Å². The number of nitrogens with two attached hydrogens (primary N) is 1. The lowest BCUT2D eigenvalue weighted by Gasteiger charge is -2.29. The first-order valence-corrected chi connectivity index (χ1v) is 11.4. The van der Waals surface area contributed by atoms with E-state index in [4.69, 9.17) is 22.0 Å². The fraction of sp³-hybridized carbons (Fsp3) is 0.706. The van der Waals surface area contributed by atoms with Gasteiger partial charge >= 0.3 is 7.60 Å². The first kappa shape index (κ1) is 21.5. The van der Waals surface area contributed by atoms with Gasteiger partial charge in [0, 0.05) is 18.5 Å². The van der Waals surface area contributed by atoms with Gasteiger partial charge in [0.2, 0.25) is 5.95 Å². The molecular weight excluding hydrogens is 403 g/mol. The molecular formula is C17H28ClN6O3P. The highest BCUT2D eigenvalue weighted by Crippen LogP contribution is 2.53. The van der Waals surface area contributed by atoms with E-state index in [2.05, 4.69) is 20.4 Å². The molecule has 0 radical (unpaired) electrons. The van der Waals surface area contributed by atoms with Gasteiger partial charge in [0.15, 0.2) is 10.8 Å². The van der Waals surface area contributed by atoms with Gasteiger partial charge in [-0.1, -0.05) is 39.3 Å². The Morgan fingerprint density at radius 3 is 2.57 bits per heavy atom. The maximum absolute atomic E-state index is 12.7. The van der Waals surface area contributed by atoms with Crippen molar-refractivity contribution in [3.63, 3.8) is 0 Å². The number of anilines is 1. The number of hydroxylamine groups is 1. The lowest BCUT2D eigenvalue weighted by atomic mass is 10.00. The lowest BCUT2D eigenvalue weighted by molar-refractivity contribution is 0.131. The first-order valence-electron chi connectivity index (χ1n) is 9.42. The molecule has 2 heterocycles. The van der Waals surface area contributed by atoms with Crippen LogP contribution < -0.4 is 11.2 Å². The van der Waals surface area contributed by atoms with Gasteiger partial charge in [0.05, 0.1) is 12.0 Å². The van der Waals surface area contributed by atoms with Crippen molar-refractivity contribution in [2.75, 3.05) is 12.3 Å². The summed E-state index contributed by atoms with van der Waals surface area (Å²) in [6.07, 6.45) is 3.59. The SMILES string of the molecule is CC(C)C(C(C)C)P(=O)(O)ONCC1(Cn2cnc3c(Cl)nc(N)nc32)CC1. The summed E-state index contributed by atoms with van der Waals surface area (Å²) in [6, 6.07) is 0. The topological polar surface area (TPSA) is 128 Å². The van der Waals surface area contributed by atoms with Crippen LogP contribution in [0, 0.1) is 17.3 Å². The molecule has 1 fully saturated rings. The second kappa shape index (κ2) is 7.88. The Balaban J connectivity index is 1.65. The number of nitrogens with one attached hydrogen (secondary N) is 1. The first-order chi connectivity index (χ1) is 13.0. The molecule has 1 aliphatic rings. The Bertz CT molecular complexity index is 890. The molecule has 11 heteroatoms. The number of rotatable bonds is 9. The van der Waals surface area contributed by atoms with Gasteiger partial charge in [0.25, 0.3) is 0 Å². The van der Waals surface area contributed by atoms with E-state index in [1.54, 1.807) is 6.33 Å². The molecule has 1 atom stereocenters. The summed E-state index contributed by atoms with van der Waals surface area (Å²) >= 11 is 6.08. The summed E-state index contributed by atoms with van der Waals surface area (Å²) in [7, 11) is -3.78. The van der Waals surface area contributed by atoms with Crippen LogP contribution in [0.4, 0.5) is 5.95 Å². The van der Waals surface area contributed by atoms with E-state index >= 15 is 0 Å². The zero-order valence-corrected chi connectivity index (χ0v) is 18.2. The van der Waals surface area contributed by atoms with Crippen molar-refractivity contribution < 1.29 is 14.1 Å². The number of nitrogen functional groups attached to an aromatic ring is 1. The highest BCUT2D eigenvalue weighted by Gasteiger charge is 2.44. The average Bonchev–Trinajstić information content (AvgIpc) is 3.19. The lowest BCUT2D eigenvalue weighted by Crippen LogP contribution is -2.31. The Morgan fingerprint density at radius 2 is 2.00 bits per heavy atom.